The first kappa shape index (κ1) is 12.3. The van der Waals surface area contributed by atoms with Gasteiger partial charge in [-0.1, -0.05) is 0 Å². The molecular weight excluding hydrogens is 282 g/mol. The van der Waals surface area contributed by atoms with Crippen LogP contribution in [0.1, 0.15) is 49.3 Å². The van der Waals surface area contributed by atoms with E-state index in [2.05, 4.69) is 14.8 Å². The first-order valence-corrected chi connectivity index (χ1v) is 7.84. The maximum absolute atomic E-state index is 5.89. The molecule has 2 saturated carbocycles. The van der Waals surface area contributed by atoms with Crippen LogP contribution in [0.3, 0.4) is 0 Å². The normalized spacial score (nSPS) is 19.5. The van der Waals surface area contributed by atoms with Crippen LogP contribution >= 0.6 is 0 Å². The molecule has 0 unspecified atom stereocenters. The fourth-order valence-corrected chi connectivity index (χ4v) is 2.90. The Morgan fingerprint density at radius 1 is 1.09 bits per heavy atom. The Kier molecular flexibility index (Phi) is 2.59. The van der Waals surface area contributed by atoms with Crippen molar-refractivity contribution in [3.63, 3.8) is 0 Å². The fourth-order valence-electron chi connectivity index (χ4n) is 2.90. The van der Waals surface area contributed by atoms with Gasteiger partial charge in [0.1, 0.15) is 18.2 Å². The highest BCUT2D eigenvalue weighted by Crippen LogP contribution is 2.44. The standard InChI is InChI=1S/C16H17N3O3/c1-2-10(1)16-18-17-15(19(16)11-3-4-11)8-20-12-5-6-13-14(7-12)22-9-21-13/h5-7,10-11H,1-4,8-9H2. The largest absolute Gasteiger partial charge is 0.485 e. The first-order chi connectivity index (χ1) is 10.9. The second-order valence-electron chi connectivity index (χ2n) is 6.15. The average molecular weight is 299 g/mol. The zero-order valence-electron chi connectivity index (χ0n) is 12.2. The molecule has 1 aromatic heterocycles. The van der Waals surface area contributed by atoms with E-state index in [1.165, 1.54) is 25.7 Å². The monoisotopic (exact) mass is 299 g/mol. The number of hydrogen-bond acceptors (Lipinski definition) is 5. The summed E-state index contributed by atoms with van der Waals surface area (Å²) in [5, 5.41) is 8.76. The zero-order valence-corrected chi connectivity index (χ0v) is 12.2. The predicted octanol–water partition coefficient (Wildman–Crippen LogP) is 2.80. The maximum Gasteiger partial charge on any atom is 0.231 e. The summed E-state index contributed by atoms with van der Waals surface area (Å²) in [6, 6.07) is 6.22. The molecule has 114 valence electrons. The van der Waals surface area contributed by atoms with Gasteiger partial charge >= 0.3 is 0 Å². The van der Waals surface area contributed by atoms with E-state index in [1.54, 1.807) is 0 Å². The molecule has 0 spiro atoms. The molecule has 0 radical (unpaired) electrons. The van der Waals surface area contributed by atoms with Crippen LogP contribution in [0.2, 0.25) is 0 Å². The molecular formula is C16H17N3O3. The van der Waals surface area contributed by atoms with Crippen molar-refractivity contribution in [3.05, 3.63) is 29.8 Å². The summed E-state index contributed by atoms with van der Waals surface area (Å²) < 4.78 is 18.9. The van der Waals surface area contributed by atoms with Gasteiger partial charge in [-0.2, -0.15) is 0 Å². The van der Waals surface area contributed by atoms with Gasteiger partial charge in [0.05, 0.1) is 0 Å². The Labute approximate surface area is 128 Å². The Hall–Kier alpha value is -2.24. The van der Waals surface area contributed by atoms with Gasteiger partial charge in [0.15, 0.2) is 17.3 Å². The van der Waals surface area contributed by atoms with Crippen molar-refractivity contribution in [3.8, 4) is 17.2 Å². The number of fused-ring (bicyclic) bond motifs is 1. The van der Waals surface area contributed by atoms with E-state index in [-0.39, 0.29) is 6.79 Å². The summed E-state index contributed by atoms with van der Waals surface area (Å²) in [5.41, 5.74) is 0. The van der Waals surface area contributed by atoms with Crippen LogP contribution in [0.4, 0.5) is 0 Å². The third kappa shape index (κ3) is 2.10. The molecule has 2 fully saturated rings. The highest BCUT2D eigenvalue weighted by molar-refractivity contribution is 5.46. The van der Waals surface area contributed by atoms with Gasteiger partial charge in [-0.25, -0.2) is 0 Å². The minimum atomic E-state index is 0.277. The number of hydrogen-bond donors (Lipinski definition) is 0. The van der Waals surface area contributed by atoms with E-state index < -0.39 is 0 Å². The van der Waals surface area contributed by atoms with E-state index in [1.807, 2.05) is 18.2 Å². The second kappa shape index (κ2) is 4.63. The molecule has 22 heavy (non-hydrogen) atoms. The molecule has 0 atom stereocenters. The van der Waals surface area contributed by atoms with Gasteiger partial charge < -0.3 is 18.8 Å². The molecule has 5 rings (SSSR count). The predicted molar refractivity (Wildman–Crippen MR) is 77.2 cm³/mol. The molecule has 2 aliphatic carbocycles. The molecule has 6 nitrogen and oxygen atoms in total. The van der Waals surface area contributed by atoms with Gasteiger partial charge in [-0.3, -0.25) is 0 Å². The molecule has 2 heterocycles. The lowest BCUT2D eigenvalue weighted by atomic mass is 10.3. The molecule has 0 bridgehead atoms. The summed E-state index contributed by atoms with van der Waals surface area (Å²) in [6.45, 7) is 0.718. The van der Waals surface area contributed by atoms with Crippen molar-refractivity contribution in [2.75, 3.05) is 6.79 Å². The third-order valence-electron chi connectivity index (χ3n) is 4.36. The van der Waals surface area contributed by atoms with Gasteiger partial charge in [0.25, 0.3) is 0 Å². The van der Waals surface area contributed by atoms with Crippen molar-refractivity contribution in [1.82, 2.24) is 14.8 Å². The second-order valence-corrected chi connectivity index (χ2v) is 6.15. The maximum atomic E-state index is 5.89. The number of benzene rings is 1. The lowest BCUT2D eigenvalue weighted by Crippen LogP contribution is -2.08. The van der Waals surface area contributed by atoms with Crippen molar-refractivity contribution in [2.24, 2.45) is 0 Å². The molecule has 6 heteroatoms. The number of ether oxygens (including phenoxy) is 3. The smallest absolute Gasteiger partial charge is 0.231 e. The minimum absolute atomic E-state index is 0.277. The fraction of sp³-hybridized carbons (Fsp3) is 0.500. The van der Waals surface area contributed by atoms with E-state index in [4.69, 9.17) is 14.2 Å². The van der Waals surface area contributed by atoms with Crippen LogP contribution in [0.15, 0.2) is 18.2 Å². The van der Waals surface area contributed by atoms with Crippen LogP contribution in [0.5, 0.6) is 17.2 Å². The lowest BCUT2D eigenvalue weighted by Gasteiger charge is -2.10. The summed E-state index contributed by atoms with van der Waals surface area (Å²) in [7, 11) is 0. The topological polar surface area (TPSA) is 58.4 Å². The summed E-state index contributed by atoms with van der Waals surface area (Å²) in [6.07, 6.45) is 4.95. The molecule has 1 aliphatic heterocycles. The summed E-state index contributed by atoms with van der Waals surface area (Å²) in [4.78, 5) is 0. The van der Waals surface area contributed by atoms with Gasteiger partial charge in [0.2, 0.25) is 6.79 Å². The van der Waals surface area contributed by atoms with E-state index in [0.717, 1.165) is 28.9 Å². The van der Waals surface area contributed by atoms with Crippen LogP contribution in [-0.4, -0.2) is 21.6 Å². The highest BCUT2D eigenvalue weighted by Gasteiger charge is 2.36. The van der Waals surface area contributed by atoms with Gasteiger partial charge in [-0.05, 0) is 37.8 Å². The van der Waals surface area contributed by atoms with Crippen molar-refractivity contribution in [2.45, 2.75) is 44.2 Å². The molecule has 3 aliphatic rings. The molecule has 1 aromatic carbocycles. The Morgan fingerprint density at radius 3 is 2.77 bits per heavy atom. The Morgan fingerprint density at radius 2 is 1.95 bits per heavy atom. The van der Waals surface area contributed by atoms with Crippen molar-refractivity contribution >= 4 is 0 Å². The van der Waals surface area contributed by atoms with Crippen LogP contribution in [0, 0.1) is 0 Å². The number of aromatic nitrogens is 3. The first-order valence-electron chi connectivity index (χ1n) is 7.84. The van der Waals surface area contributed by atoms with Crippen molar-refractivity contribution in [1.29, 1.82) is 0 Å². The quantitative estimate of drug-likeness (QED) is 0.849. The minimum Gasteiger partial charge on any atom is -0.485 e. The van der Waals surface area contributed by atoms with Crippen LogP contribution in [-0.2, 0) is 6.61 Å². The summed E-state index contributed by atoms with van der Waals surface area (Å²) in [5.74, 6) is 4.98. The van der Waals surface area contributed by atoms with Crippen LogP contribution in [0.25, 0.3) is 0 Å². The van der Waals surface area contributed by atoms with E-state index >= 15 is 0 Å². The average Bonchev–Trinajstić information content (AvgIpc) is 3.47. The lowest BCUT2D eigenvalue weighted by molar-refractivity contribution is 0.173. The molecule has 0 N–H and O–H groups in total. The van der Waals surface area contributed by atoms with Crippen molar-refractivity contribution < 1.29 is 14.2 Å². The molecule has 2 aromatic rings. The van der Waals surface area contributed by atoms with E-state index in [9.17, 15) is 0 Å². The summed E-state index contributed by atoms with van der Waals surface area (Å²) >= 11 is 0. The Balaban J connectivity index is 1.36. The molecule has 0 amide bonds. The number of nitrogens with zero attached hydrogens (tertiary/aromatic N) is 3. The SMILES string of the molecule is c1cc2c(cc1OCc1nnc(C3CC3)n1C1CC1)OCO2. The highest BCUT2D eigenvalue weighted by atomic mass is 16.7. The Bertz CT molecular complexity index is 719. The van der Waals surface area contributed by atoms with Crippen LogP contribution < -0.4 is 14.2 Å². The van der Waals surface area contributed by atoms with Gasteiger partial charge in [-0.15, -0.1) is 10.2 Å². The number of rotatable bonds is 5. The van der Waals surface area contributed by atoms with Gasteiger partial charge in [0, 0.05) is 18.0 Å². The third-order valence-corrected chi connectivity index (χ3v) is 4.36. The zero-order chi connectivity index (χ0) is 14.5. The molecule has 0 saturated heterocycles. The van der Waals surface area contributed by atoms with E-state index in [0.29, 0.717) is 18.6 Å².